The molecule has 0 fully saturated rings. The highest BCUT2D eigenvalue weighted by Gasteiger charge is 2.10. The summed E-state index contributed by atoms with van der Waals surface area (Å²) in [5.74, 6) is -1.02. The molecule has 0 aliphatic rings. The molecule has 6 nitrogen and oxygen atoms in total. The van der Waals surface area contributed by atoms with E-state index < -0.39 is 5.97 Å². The Labute approximate surface area is 103 Å². The third kappa shape index (κ3) is 4.92. The van der Waals surface area contributed by atoms with Crippen molar-refractivity contribution in [3.8, 4) is 0 Å². The topological polar surface area (TPSA) is 82.5 Å². The fourth-order valence-electron chi connectivity index (χ4n) is 1.29. The van der Waals surface area contributed by atoms with Crippen LogP contribution in [0.3, 0.4) is 0 Å². The van der Waals surface area contributed by atoms with Gasteiger partial charge in [0.05, 0.1) is 12.2 Å². The normalized spacial score (nSPS) is 10.5. The molecule has 0 saturated carbocycles. The molecule has 0 spiro atoms. The van der Waals surface area contributed by atoms with E-state index in [0.29, 0.717) is 18.2 Å². The van der Waals surface area contributed by atoms with Crippen LogP contribution >= 0.6 is 11.3 Å². The van der Waals surface area contributed by atoms with Crippen molar-refractivity contribution < 1.29 is 14.7 Å². The number of amides is 1. The van der Waals surface area contributed by atoms with Gasteiger partial charge in [0.1, 0.15) is 0 Å². The van der Waals surface area contributed by atoms with Crippen LogP contribution in [0.5, 0.6) is 0 Å². The average molecular weight is 257 g/mol. The van der Waals surface area contributed by atoms with Crippen molar-refractivity contribution in [3.63, 3.8) is 0 Å². The van der Waals surface area contributed by atoms with Crippen molar-refractivity contribution in [2.45, 2.75) is 20.4 Å². The lowest BCUT2D eigenvalue weighted by Crippen LogP contribution is -2.29. The third-order valence-electron chi connectivity index (χ3n) is 2.03. The van der Waals surface area contributed by atoms with Crippen molar-refractivity contribution >= 4 is 28.3 Å². The largest absolute Gasteiger partial charge is 0.480 e. The molecule has 0 aliphatic carbocycles. The fourth-order valence-corrected chi connectivity index (χ4v) is 2.04. The van der Waals surface area contributed by atoms with E-state index in [1.165, 1.54) is 18.3 Å². The number of carboxylic acid groups (broad SMARTS) is 1. The summed E-state index contributed by atoms with van der Waals surface area (Å²) in [6.45, 7) is 4.41. The maximum absolute atomic E-state index is 10.8. The Balaban J connectivity index is 2.57. The van der Waals surface area contributed by atoms with E-state index in [1.54, 1.807) is 4.90 Å². The molecule has 0 bridgehead atoms. The Morgan fingerprint density at radius 3 is 2.82 bits per heavy atom. The minimum absolute atomic E-state index is 0.0104. The maximum Gasteiger partial charge on any atom is 0.317 e. The van der Waals surface area contributed by atoms with Crippen LogP contribution in [0, 0.1) is 0 Å². The van der Waals surface area contributed by atoms with Gasteiger partial charge < -0.3 is 10.4 Å². The number of hydrogen-bond donors (Lipinski definition) is 2. The molecule has 0 atom stereocenters. The number of hydrogen-bond acceptors (Lipinski definition) is 5. The van der Waals surface area contributed by atoms with Gasteiger partial charge in [-0.25, -0.2) is 4.98 Å². The van der Waals surface area contributed by atoms with Crippen molar-refractivity contribution in [2.24, 2.45) is 0 Å². The molecule has 0 aromatic carbocycles. The van der Waals surface area contributed by atoms with Gasteiger partial charge in [0.15, 0.2) is 5.13 Å². The van der Waals surface area contributed by atoms with Gasteiger partial charge >= 0.3 is 5.97 Å². The Bertz CT molecular complexity index is 405. The van der Waals surface area contributed by atoms with Gasteiger partial charge in [0.25, 0.3) is 0 Å². The summed E-state index contributed by atoms with van der Waals surface area (Å²) in [6, 6.07) is 0. The van der Waals surface area contributed by atoms with Crippen molar-refractivity contribution in [2.75, 3.05) is 18.4 Å². The Hall–Kier alpha value is -1.47. The lowest BCUT2D eigenvalue weighted by atomic mass is 10.4. The molecule has 1 rings (SSSR count). The number of rotatable bonds is 6. The van der Waals surface area contributed by atoms with E-state index in [2.05, 4.69) is 10.3 Å². The summed E-state index contributed by atoms with van der Waals surface area (Å²) in [7, 11) is 0. The third-order valence-corrected chi connectivity index (χ3v) is 2.83. The van der Waals surface area contributed by atoms with Crippen molar-refractivity contribution in [1.29, 1.82) is 0 Å². The zero-order valence-electron chi connectivity index (χ0n) is 9.77. The second kappa shape index (κ2) is 6.31. The molecule has 2 N–H and O–H groups in total. The number of anilines is 1. The summed E-state index contributed by atoms with van der Waals surface area (Å²) >= 11 is 1.33. The first kappa shape index (κ1) is 13.6. The molecular weight excluding hydrogens is 242 g/mol. The van der Waals surface area contributed by atoms with Crippen molar-refractivity contribution in [3.05, 3.63) is 11.1 Å². The molecule has 17 heavy (non-hydrogen) atoms. The summed E-state index contributed by atoms with van der Waals surface area (Å²) < 4.78 is 0. The van der Waals surface area contributed by atoms with E-state index in [4.69, 9.17) is 5.11 Å². The number of aliphatic carboxylic acids is 1. The first-order valence-corrected chi connectivity index (χ1v) is 6.05. The van der Waals surface area contributed by atoms with Crippen LogP contribution < -0.4 is 5.32 Å². The fraction of sp³-hybridized carbons (Fsp3) is 0.500. The Kier molecular flexibility index (Phi) is 5.05. The monoisotopic (exact) mass is 257 g/mol. The second-order valence-corrected chi connectivity index (χ2v) is 4.38. The number of thiazole rings is 1. The van der Waals surface area contributed by atoms with Crippen LogP contribution in [0.25, 0.3) is 0 Å². The van der Waals surface area contributed by atoms with Gasteiger partial charge in [-0.05, 0) is 6.54 Å². The highest BCUT2D eigenvalue weighted by atomic mass is 32.1. The molecular formula is C10H15N3O3S. The number of nitrogens with zero attached hydrogens (tertiary/aromatic N) is 2. The molecule has 0 saturated heterocycles. The lowest BCUT2D eigenvalue weighted by molar-refractivity contribution is -0.138. The predicted octanol–water partition coefficient (Wildman–Crippen LogP) is 1.01. The molecule has 1 aromatic rings. The van der Waals surface area contributed by atoms with Crippen LogP contribution in [-0.4, -0.2) is 40.0 Å². The quantitative estimate of drug-likeness (QED) is 0.794. The molecule has 94 valence electrons. The van der Waals surface area contributed by atoms with Crippen LogP contribution in [0.4, 0.5) is 5.13 Å². The molecule has 1 heterocycles. The maximum atomic E-state index is 10.8. The van der Waals surface area contributed by atoms with Gasteiger partial charge in [-0.2, -0.15) is 0 Å². The minimum Gasteiger partial charge on any atom is -0.480 e. The SMILES string of the molecule is CCN(CC(=O)O)Cc1csc(NC(C)=O)n1. The summed E-state index contributed by atoms with van der Waals surface area (Å²) in [5.41, 5.74) is 0.766. The highest BCUT2D eigenvalue weighted by Crippen LogP contribution is 2.16. The average Bonchev–Trinajstić information content (AvgIpc) is 2.62. The summed E-state index contributed by atoms with van der Waals surface area (Å²) in [6.07, 6.45) is 0. The Morgan fingerprint density at radius 1 is 1.59 bits per heavy atom. The molecule has 7 heteroatoms. The van der Waals surface area contributed by atoms with Crippen LogP contribution in [0.1, 0.15) is 19.5 Å². The van der Waals surface area contributed by atoms with Crippen molar-refractivity contribution in [1.82, 2.24) is 9.88 Å². The van der Waals surface area contributed by atoms with Crippen LogP contribution in [-0.2, 0) is 16.1 Å². The van der Waals surface area contributed by atoms with E-state index in [0.717, 1.165) is 5.69 Å². The highest BCUT2D eigenvalue weighted by molar-refractivity contribution is 7.13. The zero-order chi connectivity index (χ0) is 12.8. The molecule has 1 aromatic heterocycles. The molecule has 0 unspecified atom stereocenters. The van der Waals surface area contributed by atoms with E-state index in [1.807, 2.05) is 12.3 Å². The number of aromatic nitrogens is 1. The van der Waals surface area contributed by atoms with Crippen LogP contribution in [0.15, 0.2) is 5.38 Å². The summed E-state index contributed by atoms with van der Waals surface area (Å²) in [4.78, 5) is 27.4. The smallest absolute Gasteiger partial charge is 0.317 e. The predicted molar refractivity (Wildman–Crippen MR) is 65.0 cm³/mol. The Morgan fingerprint density at radius 2 is 2.29 bits per heavy atom. The minimum atomic E-state index is -0.857. The molecule has 0 radical (unpaired) electrons. The van der Waals surface area contributed by atoms with Gasteiger partial charge in [0, 0.05) is 18.8 Å². The van der Waals surface area contributed by atoms with E-state index in [-0.39, 0.29) is 12.5 Å². The number of carbonyl (C=O) groups excluding carboxylic acids is 1. The standard InChI is InChI=1S/C10H15N3O3S/c1-3-13(5-9(15)16)4-8-6-17-10(12-8)11-7(2)14/h6H,3-5H2,1-2H3,(H,15,16)(H,11,12,14). The number of likely N-dealkylation sites (N-methyl/N-ethyl adjacent to an activating group) is 1. The second-order valence-electron chi connectivity index (χ2n) is 3.52. The number of carbonyl (C=O) groups is 2. The van der Waals surface area contributed by atoms with E-state index in [9.17, 15) is 9.59 Å². The van der Waals surface area contributed by atoms with Gasteiger partial charge in [-0.1, -0.05) is 6.92 Å². The van der Waals surface area contributed by atoms with Gasteiger partial charge in [-0.3, -0.25) is 14.5 Å². The summed E-state index contributed by atoms with van der Waals surface area (Å²) in [5, 5.41) is 13.6. The molecule has 0 aliphatic heterocycles. The number of nitrogens with one attached hydrogen (secondary N) is 1. The van der Waals surface area contributed by atoms with E-state index >= 15 is 0 Å². The first-order chi connectivity index (χ1) is 8.01. The van der Waals surface area contributed by atoms with Crippen LogP contribution in [0.2, 0.25) is 0 Å². The number of carboxylic acids is 1. The van der Waals surface area contributed by atoms with Gasteiger partial charge in [0.2, 0.25) is 5.91 Å². The van der Waals surface area contributed by atoms with Gasteiger partial charge in [-0.15, -0.1) is 11.3 Å². The molecule has 1 amide bonds. The zero-order valence-corrected chi connectivity index (χ0v) is 10.6. The first-order valence-electron chi connectivity index (χ1n) is 5.17. The lowest BCUT2D eigenvalue weighted by Gasteiger charge is -2.15.